The van der Waals surface area contributed by atoms with Crippen LogP contribution in [0.2, 0.25) is 0 Å². The van der Waals surface area contributed by atoms with Crippen LogP contribution in [0.25, 0.3) is 10.9 Å². The molecule has 1 aliphatic rings. The van der Waals surface area contributed by atoms with E-state index in [1.807, 2.05) is 18.7 Å². The van der Waals surface area contributed by atoms with E-state index in [2.05, 4.69) is 51.9 Å². The Kier molecular flexibility index (Phi) is 8.15. The summed E-state index contributed by atoms with van der Waals surface area (Å²) in [6, 6.07) is 6.77. The number of guanidine groups is 1. The molecule has 2 heterocycles. The van der Waals surface area contributed by atoms with Gasteiger partial charge in [-0.05, 0) is 37.0 Å². The van der Waals surface area contributed by atoms with Crippen LogP contribution in [0.5, 0.6) is 0 Å². The van der Waals surface area contributed by atoms with Crippen molar-refractivity contribution in [1.82, 2.24) is 20.5 Å². The van der Waals surface area contributed by atoms with Gasteiger partial charge in [-0.25, -0.2) is 0 Å². The van der Waals surface area contributed by atoms with Crippen LogP contribution in [-0.2, 0) is 11.2 Å². The molecule has 1 saturated heterocycles. The first-order valence-corrected chi connectivity index (χ1v) is 9.80. The molecule has 1 aromatic heterocycles. The van der Waals surface area contributed by atoms with Gasteiger partial charge in [0.2, 0.25) is 5.91 Å². The molecule has 1 amide bonds. The van der Waals surface area contributed by atoms with Crippen molar-refractivity contribution in [2.45, 2.75) is 39.7 Å². The molecule has 0 spiro atoms. The van der Waals surface area contributed by atoms with Crippen LogP contribution in [0.1, 0.15) is 31.4 Å². The van der Waals surface area contributed by atoms with Gasteiger partial charge >= 0.3 is 0 Å². The summed E-state index contributed by atoms with van der Waals surface area (Å²) in [5.74, 6) is 1.09. The number of nitrogens with zero attached hydrogens (tertiary/aromatic N) is 2. The number of amides is 1. The van der Waals surface area contributed by atoms with Crippen molar-refractivity contribution >= 4 is 46.7 Å². The number of likely N-dealkylation sites (tertiary alicyclic amines) is 1. The van der Waals surface area contributed by atoms with E-state index in [1.54, 1.807) is 7.05 Å². The van der Waals surface area contributed by atoms with E-state index in [-0.39, 0.29) is 41.8 Å². The number of carbonyl (C=O) groups excluding carboxylic acids is 1. The monoisotopic (exact) mass is 497 g/mol. The van der Waals surface area contributed by atoms with E-state index in [1.165, 1.54) is 22.0 Å². The molecule has 1 atom stereocenters. The lowest BCUT2D eigenvalue weighted by atomic mass is 10.1. The number of hydrogen-bond donors (Lipinski definition) is 3. The highest BCUT2D eigenvalue weighted by molar-refractivity contribution is 14.0. The molecule has 154 valence electrons. The van der Waals surface area contributed by atoms with E-state index < -0.39 is 0 Å². The Morgan fingerprint density at radius 2 is 2.18 bits per heavy atom. The number of benzene rings is 1. The first-order valence-electron chi connectivity index (χ1n) is 9.80. The minimum Gasteiger partial charge on any atom is -0.361 e. The molecular weight excluding hydrogens is 465 g/mol. The summed E-state index contributed by atoms with van der Waals surface area (Å²) in [7, 11) is 1.79. The number of aryl methyl sites for hydroxylation is 1. The summed E-state index contributed by atoms with van der Waals surface area (Å²) in [6.07, 6.45) is 3.97. The molecule has 0 bridgehead atoms. The molecule has 0 aliphatic carbocycles. The minimum absolute atomic E-state index is 0. The maximum Gasteiger partial charge on any atom is 0.225 e. The van der Waals surface area contributed by atoms with Crippen LogP contribution in [-0.4, -0.2) is 54.5 Å². The Hall–Kier alpha value is -1.77. The predicted octanol–water partition coefficient (Wildman–Crippen LogP) is 3.06. The molecule has 3 N–H and O–H groups in total. The van der Waals surface area contributed by atoms with Gasteiger partial charge in [0.15, 0.2) is 5.96 Å². The number of aromatic amines is 1. The molecule has 1 fully saturated rings. The van der Waals surface area contributed by atoms with Crippen molar-refractivity contribution in [1.29, 1.82) is 0 Å². The Balaban J connectivity index is 0.00000280. The van der Waals surface area contributed by atoms with Crippen LogP contribution in [0.15, 0.2) is 29.4 Å². The molecule has 2 aromatic rings. The van der Waals surface area contributed by atoms with E-state index in [9.17, 15) is 4.79 Å². The highest BCUT2D eigenvalue weighted by Crippen LogP contribution is 2.19. The summed E-state index contributed by atoms with van der Waals surface area (Å²) in [5.41, 5.74) is 3.76. The summed E-state index contributed by atoms with van der Waals surface area (Å²) < 4.78 is 0. The van der Waals surface area contributed by atoms with Gasteiger partial charge in [0.05, 0.1) is 0 Å². The van der Waals surface area contributed by atoms with E-state index >= 15 is 0 Å². The molecule has 28 heavy (non-hydrogen) atoms. The maximum atomic E-state index is 12.1. The average Bonchev–Trinajstić information content (AvgIpc) is 3.27. The molecule has 1 aromatic carbocycles. The summed E-state index contributed by atoms with van der Waals surface area (Å²) in [4.78, 5) is 21.8. The second-order valence-corrected chi connectivity index (χ2v) is 7.68. The summed E-state index contributed by atoms with van der Waals surface area (Å²) in [5, 5.41) is 8.13. The second kappa shape index (κ2) is 10.1. The van der Waals surface area contributed by atoms with Gasteiger partial charge in [0.25, 0.3) is 0 Å². The van der Waals surface area contributed by atoms with Gasteiger partial charge in [-0.15, -0.1) is 24.0 Å². The van der Waals surface area contributed by atoms with Gasteiger partial charge in [-0.3, -0.25) is 9.79 Å². The van der Waals surface area contributed by atoms with Crippen molar-refractivity contribution < 1.29 is 4.79 Å². The lowest BCUT2D eigenvalue weighted by Gasteiger charge is -2.20. The first-order chi connectivity index (χ1) is 13.0. The number of nitrogens with one attached hydrogen (secondary N) is 3. The summed E-state index contributed by atoms with van der Waals surface area (Å²) in [6.45, 7) is 8.39. The number of H-pyrrole nitrogens is 1. The normalized spacial score (nSPS) is 17.1. The number of carbonyl (C=O) groups is 1. The largest absolute Gasteiger partial charge is 0.361 e. The SMILES string of the molecule is CN=C(NCCc1c[nH]c2cc(C)ccc12)NC1CCN(C(=O)C(C)C)C1.I. The lowest BCUT2D eigenvalue weighted by Crippen LogP contribution is -2.45. The van der Waals surface area contributed by atoms with Crippen LogP contribution in [0.4, 0.5) is 0 Å². The third-order valence-corrected chi connectivity index (χ3v) is 5.17. The third-order valence-electron chi connectivity index (χ3n) is 5.17. The molecule has 0 saturated carbocycles. The highest BCUT2D eigenvalue weighted by Gasteiger charge is 2.27. The Morgan fingerprint density at radius 3 is 2.89 bits per heavy atom. The number of halogens is 1. The van der Waals surface area contributed by atoms with Crippen LogP contribution < -0.4 is 10.6 Å². The van der Waals surface area contributed by atoms with Gasteiger partial charge in [0, 0.05) is 55.7 Å². The van der Waals surface area contributed by atoms with Gasteiger partial charge in [-0.1, -0.05) is 26.0 Å². The summed E-state index contributed by atoms with van der Waals surface area (Å²) >= 11 is 0. The van der Waals surface area contributed by atoms with Gasteiger partial charge in [-0.2, -0.15) is 0 Å². The molecule has 1 unspecified atom stereocenters. The fraction of sp³-hybridized carbons (Fsp3) is 0.524. The standard InChI is InChI=1S/C21H31N5O.HI/c1-14(2)20(27)26-10-8-17(13-26)25-21(22-4)23-9-7-16-12-24-19-11-15(3)5-6-18(16)19;/h5-6,11-12,14,17,24H,7-10,13H2,1-4H3,(H2,22,23,25);1H. The number of fused-ring (bicyclic) bond motifs is 1. The second-order valence-electron chi connectivity index (χ2n) is 7.68. The fourth-order valence-corrected chi connectivity index (χ4v) is 3.65. The van der Waals surface area contributed by atoms with Gasteiger partial charge < -0.3 is 20.5 Å². The van der Waals surface area contributed by atoms with Crippen LogP contribution in [0.3, 0.4) is 0 Å². The molecule has 0 radical (unpaired) electrons. The van der Waals surface area contributed by atoms with Crippen molar-refractivity contribution in [2.75, 3.05) is 26.7 Å². The highest BCUT2D eigenvalue weighted by atomic mass is 127. The Bertz CT molecular complexity index is 829. The zero-order valence-corrected chi connectivity index (χ0v) is 19.5. The number of hydrogen-bond acceptors (Lipinski definition) is 2. The lowest BCUT2D eigenvalue weighted by molar-refractivity contribution is -0.133. The average molecular weight is 497 g/mol. The zero-order valence-electron chi connectivity index (χ0n) is 17.2. The van der Waals surface area contributed by atoms with E-state index in [0.717, 1.165) is 38.4 Å². The predicted molar refractivity (Wildman–Crippen MR) is 126 cm³/mol. The van der Waals surface area contributed by atoms with Crippen molar-refractivity contribution in [3.8, 4) is 0 Å². The van der Waals surface area contributed by atoms with Crippen molar-refractivity contribution in [2.24, 2.45) is 10.9 Å². The van der Waals surface area contributed by atoms with Gasteiger partial charge in [0.1, 0.15) is 0 Å². The molecular formula is C21H32IN5O. The molecule has 1 aliphatic heterocycles. The molecule has 6 nitrogen and oxygen atoms in total. The first kappa shape index (κ1) is 22.5. The van der Waals surface area contributed by atoms with Crippen molar-refractivity contribution in [3.05, 3.63) is 35.5 Å². The fourth-order valence-electron chi connectivity index (χ4n) is 3.65. The smallest absolute Gasteiger partial charge is 0.225 e. The Labute approximate surface area is 184 Å². The number of rotatable bonds is 5. The quantitative estimate of drug-likeness (QED) is 0.338. The minimum atomic E-state index is 0. The van der Waals surface area contributed by atoms with E-state index in [4.69, 9.17) is 0 Å². The maximum absolute atomic E-state index is 12.1. The van der Waals surface area contributed by atoms with E-state index in [0.29, 0.717) is 0 Å². The topological polar surface area (TPSA) is 72.5 Å². The van der Waals surface area contributed by atoms with Crippen LogP contribution in [0, 0.1) is 12.8 Å². The third kappa shape index (κ3) is 5.40. The number of aliphatic imine (C=N–C) groups is 1. The molecule has 7 heteroatoms. The van der Waals surface area contributed by atoms with Crippen LogP contribution >= 0.6 is 24.0 Å². The molecule has 3 rings (SSSR count). The van der Waals surface area contributed by atoms with Crippen molar-refractivity contribution in [3.63, 3.8) is 0 Å². The number of aromatic nitrogens is 1. The Morgan fingerprint density at radius 1 is 1.39 bits per heavy atom. The zero-order chi connectivity index (χ0) is 19.4.